The zero-order valence-electron chi connectivity index (χ0n) is 12.1. The highest BCUT2D eigenvalue weighted by Crippen LogP contribution is 2.27. The Bertz CT molecular complexity index is 518. The zero-order chi connectivity index (χ0) is 13.8. The number of benzene rings is 1. The van der Waals surface area contributed by atoms with E-state index in [4.69, 9.17) is 4.42 Å². The van der Waals surface area contributed by atoms with Crippen molar-refractivity contribution in [2.45, 2.75) is 26.3 Å². The van der Waals surface area contributed by atoms with Crippen molar-refractivity contribution < 1.29 is 4.42 Å². The minimum absolute atomic E-state index is 0.215. The fraction of sp³-hybridized carbons (Fsp3) is 0.375. The van der Waals surface area contributed by atoms with Crippen LogP contribution in [0.4, 0.5) is 11.4 Å². The molecular weight excluding hydrogens is 236 g/mol. The molecule has 0 amide bonds. The molecule has 0 spiro atoms. The molecule has 1 heterocycles. The van der Waals surface area contributed by atoms with Crippen LogP contribution < -0.4 is 10.2 Å². The van der Waals surface area contributed by atoms with Crippen molar-refractivity contribution in [1.82, 2.24) is 0 Å². The monoisotopic (exact) mass is 258 g/mol. The number of nitrogens with zero attached hydrogens (tertiary/aromatic N) is 1. The second-order valence-electron chi connectivity index (χ2n) is 5.02. The van der Waals surface area contributed by atoms with E-state index in [0.29, 0.717) is 0 Å². The lowest BCUT2D eigenvalue weighted by atomic mass is 10.1. The first kappa shape index (κ1) is 13.5. The maximum Gasteiger partial charge on any atom is 0.125 e. The van der Waals surface area contributed by atoms with Crippen molar-refractivity contribution in [2.75, 3.05) is 24.3 Å². The van der Waals surface area contributed by atoms with Crippen molar-refractivity contribution in [1.29, 1.82) is 0 Å². The molecule has 1 aromatic heterocycles. The Kier molecular flexibility index (Phi) is 4.15. The van der Waals surface area contributed by atoms with Gasteiger partial charge < -0.3 is 14.6 Å². The van der Waals surface area contributed by atoms with Gasteiger partial charge in [-0.2, -0.15) is 0 Å². The predicted octanol–water partition coefficient (Wildman–Crippen LogP) is 4.22. The maximum absolute atomic E-state index is 5.49. The lowest BCUT2D eigenvalue weighted by Crippen LogP contribution is -2.12. The zero-order valence-corrected chi connectivity index (χ0v) is 12.1. The van der Waals surface area contributed by atoms with Gasteiger partial charge in [0.05, 0.1) is 12.3 Å². The predicted molar refractivity (Wildman–Crippen MR) is 80.9 cm³/mol. The molecule has 0 aliphatic carbocycles. The number of hydrogen-bond acceptors (Lipinski definition) is 3. The molecule has 3 heteroatoms. The van der Waals surface area contributed by atoms with Crippen LogP contribution in [0, 0.1) is 6.92 Å². The Morgan fingerprint density at radius 1 is 1.26 bits per heavy atom. The number of hydrogen-bond donors (Lipinski definition) is 1. The molecule has 2 rings (SSSR count). The lowest BCUT2D eigenvalue weighted by Gasteiger charge is -2.20. The number of furan rings is 1. The van der Waals surface area contributed by atoms with E-state index in [-0.39, 0.29) is 6.04 Å². The Labute approximate surface area is 115 Å². The fourth-order valence-corrected chi connectivity index (χ4v) is 2.25. The summed E-state index contributed by atoms with van der Waals surface area (Å²) in [6.45, 7) is 4.28. The summed E-state index contributed by atoms with van der Waals surface area (Å²) in [7, 11) is 4.13. The van der Waals surface area contributed by atoms with E-state index < -0.39 is 0 Å². The quantitative estimate of drug-likeness (QED) is 0.870. The van der Waals surface area contributed by atoms with Gasteiger partial charge in [0.2, 0.25) is 0 Å². The van der Waals surface area contributed by atoms with Crippen molar-refractivity contribution >= 4 is 11.4 Å². The molecule has 1 aromatic carbocycles. The molecule has 0 aliphatic rings. The Morgan fingerprint density at radius 2 is 2.05 bits per heavy atom. The van der Waals surface area contributed by atoms with Crippen LogP contribution >= 0.6 is 0 Å². The third kappa shape index (κ3) is 3.11. The summed E-state index contributed by atoms with van der Waals surface area (Å²) < 4.78 is 5.49. The average Bonchev–Trinajstić information content (AvgIpc) is 2.91. The molecule has 0 radical (unpaired) electrons. The van der Waals surface area contributed by atoms with Crippen LogP contribution in [-0.4, -0.2) is 14.1 Å². The highest BCUT2D eigenvalue weighted by molar-refractivity contribution is 5.62. The first-order valence-corrected chi connectivity index (χ1v) is 6.69. The SMILES string of the molecule is CCC(Nc1ccc(C)c(N(C)C)c1)c1ccco1. The topological polar surface area (TPSA) is 28.4 Å². The van der Waals surface area contributed by atoms with Gasteiger partial charge in [-0.05, 0) is 43.2 Å². The van der Waals surface area contributed by atoms with Gasteiger partial charge in [-0.25, -0.2) is 0 Å². The van der Waals surface area contributed by atoms with Gasteiger partial charge in [-0.1, -0.05) is 13.0 Å². The summed E-state index contributed by atoms with van der Waals surface area (Å²) in [6.07, 6.45) is 2.71. The largest absolute Gasteiger partial charge is 0.467 e. The first-order valence-electron chi connectivity index (χ1n) is 6.69. The van der Waals surface area contributed by atoms with E-state index >= 15 is 0 Å². The molecule has 3 nitrogen and oxygen atoms in total. The van der Waals surface area contributed by atoms with Gasteiger partial charge in [0.1, 0.15) is 5.76 Å². The number of nitrogens with one attached hydrogen (secondary N) is 1. The fourth-order valence-electron chi connectivity index (χ4n) is 2.25. The number of rotatable bonds is 5. The number of aryl methyl sites for hydroxylation is 1. The summed E-state index contributed by atoms with van der Waals surface area (Å²) in [5.41, 5.74) is 3.64. The van der Waals surface area contributed by atoms with E-state index in [1.165, 1.54) is 11.3 Å². The van der Waals surface area contributed by atoms with Crippen LogP contribution in [0.25, 0.3) is 0 Å². The van der Waals surface area contributed by atoms with Gasteiger partial charge >= 0.3 is 0 Å². The molecule has 0 saturated carbocycles. The molecule has 0 bridgehead atoms. The Hall–Kier alpha value is -1.90. The minimum atomic E-state index is 0.215. The Balaban J connectivity index is 2.20. The molecule has 1 atom stereocenters. The standard InChI is InChI=1S/C16H22N2O/c1-5-14(16-7-6-10-19-16)17-13-9-8-12(2)15(11-13)18(3)4/h6-11,14,17H,5H2,1-4H3. The van der Waals surface area contributed by atoms with E-state index in [9.17, 15) is 0 Å². The summed E-state index contributed by atoms with van der Waals surface area (Å²) in [5.74, 6) is 0.981. The first-order chi connectivity index (χ1) is 9.11. The summed E-state index contributed by atoms with van der Waals surface area (Å²) in [4.78, 5) is 2.13. The van der Waals surface area contributed by atoms with E-state index in [1.807, 2.05) is 12.1 Å². The van der Waals surface area contributed by atoms with Gasteiger partial charge in [-0.3, -0.25) is 0 Å². The van der Waals surface area contributed by atoms with Gasteiger partial charge in [0.15, 0.2) is 0 Å². The molecule has 0 fully saturated rings. The summed E-state index contributed by atoms with van der Waals surface area (Å²) >= 11 is 0. The van der Waals surface area contributed by atoms with Crippen LogP contribution in [-0.2, 0) is 0 Å². The third-order valence-electron chi connectivity index (χ3n) is 3.33. The molecule has 0 saturated heterocycles. The summed E-state index contributed by atoms with van der Waals surface area (Å²) in [5, 5.41) is 3.53. The molecule has 19 heavy (non-hydrogen) atoms. The number of anilines is 2. The molecule has 0 aliphatic heterocycles. The molecule has 2 aromatic rings. The van der Waals surface area contributed by atoms with E-state index in [2.05, 4.69) is 56.4 Å². The van der Waals surface area contributed by atoms with Crippen LogP contribution in [0.3, 0.4) is 0 Å². The Morgan fingerprint density at radius 3 is 2.63 bits per heavy atom. The van der Waals surface area contributed by atoms with Crippen molar-refractivity contribution in [3.63, 3.8) is 0 Å². The smallest absolute Gasteiger partial charge is 0.125 e. The van der Waals surface area contributed by atoms with E-state index in [1.54, 1.807) is 6.26 Å². The highest BCUT2D eigenvalue weighted by Gasteiger charge is 2.12. The van der Waals surface area contributed by atoms with Crippen molar-refractivity contribution in [3.05, 3.63) is 47.9 Å². The van der Waals surface area contributed by atoms with Gasteiger partial charge in [-0.15, -0.1) is 0 Å². The molecule has 102 valence electrons. The molecule has 1 unspecified atom stereocenters. The van der Waals surface area contributed by atoms with Gasteiger partial charge in [0, 0.05) is 25.5 Å². The van der Waals surface area contributed by atoms with Crippen LogP contribution in [0.15, 0.2) is 41.0 Å². The highest BCUT2D eigenvalue weighted by atomic mass is 16.3. The second-order valence-corrected chi connectivity index (χ2v) is 5.02. The van der Waals surface area contributed by atoms with Crippen molar-refractivity contribution in [3.8, 4) is 0 Å². The van der Waals surface area contributed by atoms with Gasteiger partial charge in [0.25, 0.3) is 0 Å². The molecular formula is C16H22N2O. The lowest BCUT2D eigenvalue weighted by molar-refractivity contribution is 0.474. The minimum Gasteiger partial charge on any atom is -0.467 e. The molecule has 1 N–H and O–H groups in total. The van der Waals surface area contributed by atoms with Crippen LogP contribution in [0.1, 0.15) is 30.7 Å². The normalized spacial score (nSPS) is 12.2. The van der Waals surface area contributed by atoms with Crippen molar-refractivity contribution in [2.24, 2.45) is 0 Å². The van der Waals surface area contributed by atoms with Crippen LogP contribution in [0.5, 0.6) is 0 Å². The second kappa shape index (κ2) is 5.83. The van der Waals surface area contributed by atoms with Crippen LogP contribution in [0.2, 0.25) is 0 Å². The van der Waals surface area contributed by atoms with E-state index in [0.717, 1.165) is 17.9 Å². The average molecular weight is 258 g/mol. The maximum atomic E-state index is 5.49. The third-order valence-corrected chi connectivity index (χ3v) is 3.33. The summed E-state index contributed by atoms with van der Waals surface area (Å²) in [6, 6.07) is 10.6.